The summed E-state index contributed by atoms with van der Waals surface area (Å²) in [5.74, 6) is -0.112. The predicted octanol–water partition coefficient (Wildman–Crippen LogP) is 3.21. The molecule has 1 aromatic heterocycles. The van der Waals surface area contributed by atoms with Gasteiger partial charge in [0.1, 0.15) is 0 Å². The molecule has 22 heavy (non-hydrogen) atoms. The van der Waals surface area contributed by atoms with Crippen LogP contribution in [0.4, 0.5) is 0 Å². The number of carbonyl (C=O) groups excluding carboxylic acids is 1. The first-order chi connectivity index (χ1) is 10.5. The van der Waals surface area contributed by atoms with E-state index in [0.717, 1.165) is 42.3 Å². The number of nitrogens with one attached hydrogen (secondary N) is 2. The van der Waals surface area contributed by atoms with Gasteiger partial charge in [-0.2, -0.15) is 0 Å². The second kappa shape index (κ2) is 5.76. The largest absolute Gasteiger partial charge is 0.388 e. The van der Waals surface area contributed by atoms with Crippen molar-refractivity contribution in [2.24, 2.45) is 0 Å². The van der Waals surface area contributed by atoms with Crippen molar-refractivity contribution in [3.63, 3.8) is 0 Å². The summed E-state index contributed by atoms with van der Waals surface area (Å²) in [4.78, 5) is 15.7. The van der Waals surface area contributed by atoms with E-state index in [9.17, 15) is 9.90 Å². The van der Waals surface area contributed by atoms with Crippen LogP contribution in [0, 0.1) is 13.8 Å². The van der Waals surface area contributed by atoms with E-state index in [1.807, 2.05) is 25.1 Å². The molecule has 1 aliphatic carbocycles. The smallest absolute Gasteiger partial charge is 0.251 e. The number of H-pyrrole nitrogens is 1. The number of aryl methyl sites for hydroxylation is 2. The number of aliphatic hydroxyl groups is 1. The summed E-state index contributed by atoms with van der Waals surface area (Å²) in [6.07, 6.45) is 4.82. The topological polar surface area (TPSA) is 65.1 Å². The van der Waals surface area contributed by atoms with E-state index in [2.05, 4.69) is 17.2 Å². The minimum atomic E-state index is -0.724. The van der Waals surface area contributed by atoms with Gasteiger partial charge in [-0.15, -0.1) is 0 Å². The summed E-state index contributed by atoms with van der Waals surface area (Å²) in [5, 5.41) is 14.5. The fraction of sp³-hybridized carbons (Fsp3) is 0.500. The van der Waals surface area contributed by atoms with E-state index in [-0.39, 0.29) is 5.91 Å². The first-order valence-corrected chi connectivity index (χ1v) is 8.08. The summed E-state index contributed by atoms with van der Waals surface area (Å²) in [6, 6.07) is 5.70. The van der Waals surface area contributed by atoms with Crippen molar-refractivity contribution in [1.82, 2.24) is 10.3 Å². The molecule has 0 unspecified atom stereocenters. The van der Waals surface area contributed by atoms with Crippen LogP contribution >= 0.6 is 0 Å². The maximum absolute atomic E-state index is 12.4. The number of benzene rings is 1. The van der Waals surface area contributed by atoms with Crippen molar-refractivity contribution in [3.05, 3.63) is 35.0 Å². The van der Waals surface area contributed by atoms with Gasteiger partial charge in [-0.3, -0.25) is 4.79 Å². The van der Waals surface area contributed by atoms with Gasteiger partial charge in [0.25, 0.3) is 5.91 Å². The number of fused-ring (bicyclic) bond motifs is 1. The molecule has 4 heteroatoms. The van der Waals surface area contributed by atoms with Crippen LogP contribution in [0.1, 0.15) is 53.7 Å². The highest BCUT2D eigenvalue weighted by Crippen LogP contribution is 2.27. The average molecular weight is 300 g/mol. The van der Waals surface area contributed by atoms with Crippen molar-refractivity contribution in [2.75, 3.05) is 6.54 Å². The van der Waals surface area contributed by atoms with Gasteiger partial charge < -0.3 is 15.4 Å². The lowest BCUT2D eigenvalue weighted by Gasteiger charge is -2.32. The van der Waals surface area contributed by atoms with E-state index in [1.165, 1.54) is 12.0 Å². The first kappa shape index (κ1) is 15.1. The van der Waals surface area contributed by atoms with E-state index < -0.39 is 5.60 Å². The highest BCUT2D eigenvalue weighted by molar-refractivity contribution is 5.99. The molecular formula is C18H24N2O2. The first-order valence-electron chi connectivity index (χ1n) is 8.08. The fourth-order valence-corrected chi connectivity index (χ4v) is 3.34. The summed E-state index contributed by atoms with van der Waals surface area (Å²) in [6.45, 7) is 4.43. The normalized spacial score (nSPS) is 17.6. The highest BCUT2D eigenvalue weighted by atomic mass is 16.3. The SMILES string of the molecule is Cc1[nH]c2ccc(C(=O)NCC3(O)CCCCC3)cc2c1C. The lowest BCUT2D eigenvalue weighted by Crippen LogP contribution is -2.44. The Bertz CT molecular complexity index is 696. The molecule has 3 N–H and O–H groups in total. The molecule has 0 radical (unpaired) electrons. The maximum atomic E-state index is 12.4. The van der Waals surface area contributed by atoms with Gasteiger partial charge in [0, 0.05) is 28.7 Å². The second-order valence-corrected chi connectivity index (χ2v) is 6.60. The van der Waals surface area contributed by atoms with Gasteiger partial charge in [-0.05, 0) is 50.5 Å². The minimum absolute atomic E-state index is 0.112. The molecular weight excluding hydrogens is 276 g/mol. The molecule has 1 heterocycles. The molecule has 1 saturated carbocycles. The zero-order valence-corrected chi connectivity index (χ0v) is 13.3. The van der Waals surface area contributed by atoms with Crippen LogP contribution in [-0.2, 0) is 0 Å². The molecule has 1 fully saturated rings. The Morgan fingerprint density at radius 1 is 1.27 bits per heavy atom. The van der Waals surface area contributed by atoms with Crippen LogP contribution in [-0.4, -0.2) is 28.1 Å². The van der Waals surface area contributed by atoms with Gasteiger partial charge in [0.15, 0.2) is 0 Å². The van der Waals surface area contributed by atoms with Crippen molar-refractivity contribution >= 4 is 16.8 Å². The summed E-state index contributed by atoms with van der Waals surface area (Å²) in [7, 11) is 0. The Morgan fingerprint density at radius 2 is 2.00 bits per heavy atom. The number of carbonyl (C=O) groups is 1. The molecule has 3 rings (SSSR count). The number of amides is 1. The van der Waals surface area contributed by atoms with E-state index >= 15 is 0 Å². The Labute approximate surface area is 130 Å². The summed E-state index contributed by atoms with van der Waals surface area (Å²) in [5.41, 5.74) is 3.28. The van der Waals surface area contributed by atoms with Crippen molar-refractivity contribution in [3.8, 4) is 0 Å². The molecule has 0 bridgehead atoms. The number of rotatable bonds is 3. The number of aromatic nitrogens is 1. The van der Waals surface area contributed by atoms with E-state index in [0.29, 0.717) is 12.1 Å². The molecule has 0 aliphatic heterocycles. The zero-order valence-electron chi connectivity index (χ0n) is 13.3. The maximum Gasteiger partial charge on any atom is 0.251 e. The zero-order chi connectivity index (χ0) is 15.7. The molecule has 2 aromatic rings. The van der Waals surface area contributed by atoms with Gasteiger partial charge in [0.2, 0.25) is 0 Å². The van der Waals surface area contributed by atoms with Crippen LogP contribution in [0.25, 0.3) is 10.9 Å². The van der Waals surface area contributed by atoms with Crippen molar-refractivity contribution in [2.45, 2.75) is 51.6 Å². The van der Waals surface area contributed by atoms with Crippen LogP contribution in [0.15, 0.2) is 18.2 Å². The molecule has 0 spiro atoms. The van der Waals surface area contributed by atoms with Gasteiger partial charge in [-0.1, -0.05) is 19.3 Å². The van der Waals surface area contributed by atoms with Crippen LogP contribution in [0.2, 0.25) is 0 Å². The monoisotopic (exact) mass is 300 g/mol. The lowest BCUT2D eigenvalue weighted by molar-refractivity contribution is 0.00526. The van der Waals surface area contributed by atoms with E-state index in [1.54, 1.807) is 0 Å². The van der Waals surface area contributed by atoms with Crippen molar-refractivity contribution in [1.29, 1.82) is 0 Å². The van der Waals surface area contributed by atoms with E-state index in [4.69, 9.17) is 0 Å². The number of hydrogen-bond donors (Lipinski definition) is 3. The average Bonchev–Trinajstić information content (AvgIpc) is 2.80. The molecule has 1 aliphatic rings. The van der Waals surface area contributed by atoms with Crippen LogP contribution in [0.5, 0.6) is 0 Å². The number of aromatic amines is 1. The molecule has 4 nitrogen and oxygen atoms in total. The molecule has 118 valence electrons. The van der Waals surface area contributed by atoms with Crippen LogP contribution < -0.4 is 5.32 Å². The van der Waals surface area contributed by atoms with Gasteiger partial charge in [-0.25, -0.2) is 0 Å². The molecule has 0 atom stereocenters. The Balaban J connectivity index is 1.73. The van der Waals surface area contributed by atoms with Crippen LogP contribution in [0.3, 0.4) is 0 Å². The Hall–Kier alpha value is -1.81. The number of hydrogen-bond acceptors (Lipinski definition) is 2. The fourth-order valence-electron chi connectivity index (χ4n) is 3.34. The Morgan fingerprint density at radius 3 is 2.73 bits per heavy atom. The standard InChI is InChI=1S/C18H24N2O2/c1-12-13(2)20-16-7-6-14(10-15(12)16)17(21)19-11-18(22)8-4-3-5-9-18/h6-7,10,20,22H,3-5,8-9,11H2,1-2H3,(H,19,21). The van der Waals surface area contributed by atoms with Crippen molar-refractivity contribution < 1.29 is 9.90 Å². The third kappa shape index (κ3) is 2.88. The lowest BCUT2D eigenvalue weighted by atomic mass is 9.85. The second-order valence-electron chi connectivity index (χ2n) is 6.60. The molecule has 0 saturated heterocycles. The third-order valence-corrected chi connectivity index (χ3v) is 4.93. The van der Waals surface area contributed by atoms with Gasteiger partial charge in [0.05, 0.1) is 5.60 Å². The molecule has 1 amide bonds. The minimum Gasteiger partial charge on any atom is -0.388 e. The summed E-state index contributed by atoms with van der Waals surface area (Å²) < 4.78 is 0. The molecule has 1 aromatic carbocycles. The summed E-state index contributed by atoms with van der Waals surface area (Å²) >= 11 is 0. The third-order valence-electron chi connectivity index (χ3n) is 4.93. The predicted molar refractivity (Wildman–Crippen MR) is 88.1 cm³/mol. The highest BCUT2D eigenvalue weighted by Gasteiger charge is 2.29. The Kier molecular flexibility index (Phi) is 3.96. The van der Waals surface area contributed by atoms with Gasteiger partial charge >= 0.3 is 0 Å². The quantitative estimate of drug-likeness (QED) is 0.815.